The molecule has 0 radical (unpaired) electrons. The summed E-state index contributed by atoms with van der Waals surface area (Å²) in [6, 6.07) is 3.86. The van der Waals surface area contributed by atoms with E-state index in [0.717, 1.165) is 24.2 Å². The average molecular weight is 358 g/mol. The second-order valence-electron chi connectivity index (χ2n) is 6.13. The average Bonchev–Trinajstić information content (AvgIpc) is 3.24. The molecule has 2 aromatic rings. The zero-order valence-corrected chi connectivity index (χ0v) is 14.6. The van der Waals surface area contributed by atoms with Gasteiger partial charge in [0.05, 0.1) is 5.25 Å². The van der Waals surface area contributed by atoms with Crippen molar-refractivity contribution in [2.24, 2.45) is 0 Å². The molecule has 2 aliphatic rings. The minimum Gasteiger partial charge on any atom is -0.336 e. The molecular weight excluding hydrogens is 340 g/mol. The van der Waals surface area contributed by atoms with Gasteiger partial charge in [0.15, 0.2) is 11.0 Å². The molecule has 2 aromatic heterocycles. The lowest BCUT2D eigenvalue weighted by Gasteiger charge is -2.17. The molecule has 1 aliphatic heterocycles. The highest BCUT2D eigenvalue weighted by atomic mass is 32.2. The molecular formula is C16H18N6O2S. The maximum absolute atomic E-state index is 12.5. The number of imide groups is 1. The van der Waals surface area contributed by atoms with E-state index in [9.17, 15) is 9.59 Å². The van der Waals surface area contributed by atoms with Crippen LogP contribution in [0.1, 0.15) is 25.8 Å². The van der Waals surface area contributed by atoms with Gasteiger partial charge in [-0.15, -0.1) is 10.2 Å². The fraction of sp³-hybridized carbons (Fsp3) is 0.438. The molecule has 3 heterocycles. The number of urea groups is 1. The molecule has 3 amide bonds. The summed E-state index contributed by atoms with van der Waals surface area (Å²) < 4.78 is 2.09. The maximum atomic E-state index is 12.5. The predicted molar refractivity (Wildman–Crippen MR) is 92.0 cm³/mol. The lowest BCUT2D eigenvalue weighted by molar-refractivity contribution is -0.126. The van der Waals surface area contributed by atoms with Gasteiger partial charge >= 0.3 is 6.03 Å². The number of pyridine rings is 1. The molecule has 1 saturated heterocycles. The van der Waals surface area contributed by atoms with E-state index < -0.39 is 5.25 Å². The fourth-order valence-corrected chi connectivity index (χ4v) is 3.80. The summed E-state index contributed by atoms with van der Waals surface area (Å²) in [7, 11) is 0. The Kier molecular flexibility index (Phi) is 4.16. The molecule has 9 heteroatoms. The SMILES string of the molecule is C[C@H](Sc1nnc(-c2cccnc2)n1C1CC1)C(=O)N1CCNC1=O. The van der Waals surface area contributed by atoms with Crippen LogP contribution in [-0.2, 0) is 4.79 Å². The van der Waals surface area contributed by atoms with Crippen LogP contribution in [0.3, 0.4) is 0 Å². The number of hydrogen-bond acceptors (Lipinski definition) is 6. The fourth-order valence-electron chi connectivity index (χ4n) is 2.82. The van der Waals surface area contributed by atoms with Crippen LogP contribution in [-0.4, -0.2) is 54.9 Å². The van der Waals surface area contributed by atoms with Crippen LogP contribution in [0.4, 0.5) is 4.79 Å². The van der Waals surface area contributed by atoms with Gasteiger partial charge in [-0.1, -0.05) is 11.8 Å². The minimum atomic E-state index is -0.410. The number of nitrogens with zero attached hydrogens (tertiary/aromatic N) is 5. The molecule has 1 aliphatic carbocycles. The van der Waals surface area contributed by atoms with Crippen LogP contribution in [0.15, 0.2) is 29.7 Å². The Hall–Kier alpha value is -2.42. The van der Waals surface area contributed by atoms with E-state index >= 15 is 0 Å². The number of carbonyl (C=O) groups is 2. The summed E-state index contributed by atoms with van der Waals surface area (Å²) in [5.41, 5.74) is 0.909. The molecule has 1 saturated carbocycles. The zero-order valence-electron chi connectivity index (χ0n) is 13.8. The van der Waals surface area contributed by atoms with Gasteiger partial charge in [0, 0.05) is 37.1 Å². The second-order valence-corrected chi connectivity index (χ2v) is 7.44. The van der Waals surface area contributed by atoms with Crippen molar-refractivity contribution in [1.29, 1.82) is 0 Å². The molecule has 130 valence electrons. The molecule has 25 heavy (non-hydrogen) atoms. The monoisotopic (exact) mass is 358 g/mol. The molecule has 0 spiro atoms. The van der Waals surface area contributed by atoms with Gasteiger partial charge in [0.25, 0.3) is 0 Å². The van der Waals surface area contributed by atoms with Crippen molar-refractivity contribution in [2.75, 3.05) is 13.1 Å². The number of thioether (sulfide) groups is 1. The van der Waals surface area contributed by atoms with Crippen LogP contribution >= 0.6 is 11.8 Å². The van der Waals surface area contributed by atoms with Gasteiger partial charge in [-0.2, -0.15) is 0 Å². The normalized spacial score (nSPS) is 18.3. The summed E-state index contributed by atoms with van der Waals surface area (Å²) in [6.45, 7) is 2.72. The van der Waals surface area contributed by atoms with Crippen molar-refractivity contribution < 1.29 is 9.59 Å². The summed E-state index contributed by atoms with van der Waals surface area (Å²) in [5.74, 6) is 0.574. The van der Waals surface area contributed by atoms with Crippen molar-refractivity contribution in [2.45, 2.75) is 36.2 Å². The molecule has 1 N–H and O–H groups in total. The van der Waals surface area contributed by atoms with E-state index in [-0.39, 0.29) is 11.9 Å². The largest absolute Gasteiger partial charge is 0.336 e. The van der Waals surface area contributed by atoms with Crippen molar-refractivity contribution in [3.05, 3.63) is 24.5 Å². The van der Waals surface area contributed by atoms with Gasteiger partial charge in [-0.05, 0) is 31.9 Å². The molecule has 8 nitrogen and oxygen atoms in total. The Morgan fingerprint density at radius 3 is 2.88 bits per heavy atom. The second kappa shape index (κ2) is 6.47. The third-order valence-electron chi connectivity index (χ3n) is 4.25. The van der Waals surface area contributed by atoms with Crippen molar-refractivity contribution in [3.63, 3.8) is 0 Å². The Balaban J connectivity index is 1.57. The Morgan fingerprint density at radius 1 is 1.40 bits per heavy atom. The molecule has 1 atom stereocenters. The van der Waals surface area contributed by atoms with Crippen LogP contribution in [0, 0.1) is 0 Å². The number of hydrogen-bond donors (Lipinski definition) is 1. The van der Waals surface area contributed by atoms with Crippen molar-refractivity contribution in [1.82, 2.24) is 30.0 Å². The Bertz CT molecular complexity index is 804. The van der Waals surface area contributed by atoms with Crippen LogP contribution in [0.25, 0.3) is 11.4 Å². The van der Waals surface area contributed by atoms with Crippen LogP contribution in [0.2, 0.25) is 0 Å². The van der Waals surface area contributed by atoms with E-state index in [0.29, 0.717) is 24.3 Å². The van der Waals surface area contributed by atoms with E-state index in [4.69, 9.17) is 0 Å². The van der Waals surface area contributed by atoms with Gasteiger partial charge in [0.2, 0.25) is 5.91 Å². The maximum Gasteiger partial charge on any atom is 0.324 e. The molecule has 0 aromatic carbocycles. The minimum absolute atomic E-state index is 0.201. The first kappa shape index (κ1) is 16.1. The first-order valence-corrected chi connectivity index (χ1v) is 9.14. The standard InChI is InChI=1S/C16H18N6O2S/c1-10(14(23)21-8-7-18-15(21)24)25-16-20-19-13(22(16)12-4-5-12)11-3-2-6-17-9-11/h2-3,6,9-10,12H,4-5,7-8H2,1H3,(H,18,24)/t10-/m0/s1. The first-order chi connectivity index (χ1) is 12.1. The zero-order chi connectivity index (χ0) is 17.4. The third-order valence-corrected chi connectivity index (χ3v) is 5.29. The first-order valence-electron chi connectivity index (χ1n) is 8.26. The molecule has 2 fully saturated rings. The summed E-state index contributed by atoms with van der Waals surface area (Å²) in [4.78, 5) is 29.6. The number of amides is 3. The summed E-state index contributed by atoms with van der Waals surface area (Å²) in [5, 5.41) is 11.6. The number of nitrogens with one attached hydrogen (secondary N) is 1. The Morgan fingerprint density at radius 2 is 2.24 bits per heavy atom. The highest BCUT2D eigenvalue weighted by Crippen LogP contribution is 2.41. The van der Waals surface area contributed by atoms with Gasteiger partial charge in [0.1, 0.15) is 0 Å². The van der Waals surface area contributed by atoms with Gasteiger partial charge in [-0.3, -0.25) is 19.2 Å². The summed E-state index contributed by atoms with van der Waals surface area (Å²) in [6.07, 6.45) is 5.64. The van der Waals surface area contributed by atoms with Gasteiger partial charge in [-0.25, -0.2) is 4.79 Å². The van der Waals surface area contributed by atoms with Crippen molar-refractivity contribution >= 4 is 23.7 Å². The number of aromatic nitrogens is 4. The topological polar surface area (TPSA) is 93.0 Å². The highest BCUT2D eigenvalue weighted by molar-refractivity contribution is 8.00. The smallest absolute Gasteiger partial charge is 0.324 e. The summed E-state index contributed by atoms with van der Waals surface area (Å²) >= 11 is 1.35. The quantitative estimate of drug-likeness (QED) is 0.818. The van der Waals surface area contributed by atoms with E-state index in [1.165, 1.54) is 16.7 Å². The lowest BCUT2D eigenvalue weighted by Crippen LogP contribution is -2.39. The number of carbonyl (C=O) groups excluding carboxylic acids is 2. The highest BCUT2D eigenvalue weighted by Gasteiger charge is 2.34. The van der Waals surface area contributed by atoms with Crippen LogP contribution in [0.5, 0.6) is 0 Å². The molecule has 0 unspecified atom stereocenters. The van der Waals surface area contributed by atoms with E-state index in [1.807, 2.05) is 12.1 Å². The van der Waals surface area contributed by atoms with Crippen LogP contribution < -0.4 is 5.32 Å². The molecule has 4 rings (SSSR count). The molecule has 0 bridgehead atoms. The third kappa shape index (κ3) is 3.11. The van der Waals surface area contributed by atoms with Gasteiger partial charge < -0.3 is 5.32 Å². The van der Waals surface area contributed by atoms with E-state index in [1.54, 1.807) is 19.3 Å². The Labute approximate surface area is 149 Å². The van der Waals surface area contributed by atoms with E-state index in [2.05, 4.69) is 25.1 Å². The lowest BCUT2D eigenvalue weighted by atomic mass is 10.3. The number of rotatable bonds is 5. The predicted octanol–water partition coefficient (Wildman–Crippen LogP) is 1.71. The van der Waals surface area contributed by atoms with Crippen molar-refractivity contribution in [3.8, 4) is 11.4 Å².